The van der Waals surface area contributed by atoms with Crippen LogP contribution in [0.4, 0.5) is 0 Å². The Morgan fingerprint density at radius 2 is 1.80 bits per heavy atom. The molecule has 2 aromatic carbocycles. The van der Waals surface area contributed by atoms with Gasteiger partial charge < -0.3 is 0 Å². The summed E-state index contributed by atoms with van der Waals surface area (Å²) in [6.07, 6.45) is 10.9. The maximum Gasteiger partial charge on any atom is -0.0152 e. The summed E-state index contributed by atoms with van der Waals surface area (Å²) < 4.78 is 0. The van der Waals surface area contributed by atoms with E-state index in [0.29, 0.717) is 0 Å². The molecular weight excluding hydrogens is 240 g/mol. The van der Waals surface area contributed by atoms with E-state index in [9.17, 15) is 0 Å². The minimum atomic E-state index is 0.814. The molecule has 1 aliphatic rings. The topological polar surface area (TPSA) is 0 Å². The van der Waals surface area contributed by atoms with E-state index in [-0.39, 0.29) is 0 Å². The number of hydrogen-bond acceptors (Lipinski definition) is 0. The third-order valence-electron chi connectivity index (χ3n) is 4.85. The van der Waals surface area contributed by atoms with E-state index in [1.165, 1.54) is 62.1 Å². The molecule has 0 N–H and O–H groups in total. The molecule has 1 saturated carbocycles. The zero-order valence-corrected chi connectivity index (χ0v) is 12.7. The monoisotopic (exact) mass is 266 g/mol. The van der Waals surface area contributed by atoms with E-state index in [1.807, 2.05) is 0 Å². The van der Waals surface area contributed by atoms with E-state index >= 15 is 0 Å². The fraction of sp³-hybridized carbons (Fsp3) is 0.500. The highest BCUT2D eigenvalue weighted by atomic mass is 14.2. The lowest BCUT2D eigenvalue weighted by Crippen LogP contribution is -2.05. The fourth-order valence-electron chi connectivity index (χ4n) is 3.66. The van der Waals surface area contributed by atoms with Crippen molar-refractivity contribution >= 4 is 10.8 Å². The first-order chi connectivity index (χ1) is 9.88. The summed E-state index contributed by atoms with van der Waals surface area (Å²) in [6, 6.07) is 13.9. The largest absolute Gasteiger partial charge is 0.0654 e. The number of rotatable bonds is 4. The van der Waals surface area contributed by atoms with Crippen LogP contribution in [0.15, 0.2) is 36.4 Å². The lowest BCUT2D eigenvalue weighted by Gasteiger charge is -2.23. The first kappa shape index (κ1) is 13.7. The maximum absolute atomic E-state index is 2.52. The average molecular weight is 266 g/mol. The molecule has 0 nitrogen and oxygen atoms in total. The summed E-state index contributed by atoms with van der Waals surface area (Å²) in [4.78, 5) is 0. The Labute approximate surface area is 123 Å². The second-order valence-electron chi connectivity index (χ2n) is 6.34. The van der Waals surface area contributed by atoms with Crippen LogP contribution in [0.1, 0.15) is 68.9 Å². The normalized spacial score (nSPS) is 16.6. The molecule has 0 bridgehead atoms. The Kier molecular flexibility index (Phi) is 4.40. The zero-order chi connectivity index (χ0) is 13.8. The van der Waals surface area contributed by atoms with Gasteiger partial charge in [-0.15, -0.1) is 0 Å². The van der Waals surface area contributed by atoms with Gasteiger partial charge in [0, 0.05) is 0 Å². The van der Waals surface area contributed by atoms with Crippen LogP contribution < -0.4 is 0 Å². The fourth-order valence-corrected chi connectivity index (χ4v) is 3.66. The van der Waals surface area contributed by atoms with Gasteiger partial charge in [0.05, 0.1) is 0 Å². The van der Waals surface area contributed by atoms with Crippen LogP contribution in [0.5, 0.6) is 0 Å². The highest BCUT2D eigenvalue weighted by Gasteiger charge is 2.16. The molecule has 0 atom stereocenters. The minimum absolute atomic E-state index is 0.814. The Morgan fingerprint density at radius 1 is 1.00 bits per heavy atom. The van der Waals surface area contributed by atoms with Crippen molar-refractivity contribution in [2.24, 2.45) is 0 Å². The molecule has 0 saturated heterocycles. The number of hydrogen-bond donors (Lipinski definition) is 0. The molecule has 1 fully saturated rings. The molecular formula is C20H26. The molecule has 106 valence electrons. The van der Waals surface area contributed by atoms with Crippen molar-refractivity contribution < 1.29 is 0 Å². The molecule has 0 amide bonds. The quantitative estimate of drug-likeness (QED) is 0.615. The summed E-state index contributed by atoms with van der Waals surface area (Å²) in [5.74, 6) is 0.814. The second kappa shape index (κ2) is 6.43. The van der Waals surface area contributed by atoms with Crippen molar-refractivity contribution in [2.75, 3.05) is 0 Å². The third kappa shape index (κ3) is 2.90. The highest BCUT2D eigenvalue weighted by Crippen LogP contribution is 2.35. The van der Waals surface area contributed by atoms with Crippen molar-refractivity contribution in [1.82, 2.24) is 0 Å². The minimum Gasteiger partial charge on any atom is -0.0654 e. The summed E-state index contributed by atoms with van der Waals surface area (Å²) in [7, 11) is 0. The Balaban J connectivity index is 1.99. The Bertz CT molecular complexity index is 561. The molecule has 3 rings (SSSR count). The number of unbranched alkanes of at least 4 members (excludes halogenated alkanes) is 1. The first-order valence-electron chi connectivity index (χ1n) is 8.40. The highest BCUT2D eigenvalue weighted by molar-refractivity contribution is 5.86. The van der Waals surface area contributed by atoms with E-state index < -0.39 is 0 Å². The van der Waals surface area contributed by atoms with Crippen molar-refractivity contribution in [2.45, 2.75) is 64.2 Å². The van der Waals surface area contributed by atoms with Crippen molar-refractivity contribution in [3.8, 4) is 0 Å². The van der Waals surface area contributed by atoms with Crippen LogP contribution in [-0.4, -0.2) is 0 Å². The van der Waals surface area contributed by atoms with Crippen LogP contribution in [0.25, 0.3) is 10.8 Å². The lowest BCUT2D eigenvalue weighted by molar-refractivity contribution is 0.443. The van der Waals surface area contributed by atoms with Crippen LogP contribution in [0.2, 0.25) is 0 Å². The van der Waals surface area contributed by atoms with E-state index in [2.05, 4.69) is 43.3 Å². The summed E-state index contributed by atoms with van der Waals surface area (Å²) in [5, 5.41) is 2.92. The van der Waals surface area contributed by atoms with Crippen LogP contribution in [0.3, 0.4) is 0 Å². The summed E-state index contributed by atoms with van der Waals surface area (Å²) in [6.45, 7) is 2.28. The smallest absolute Gasteiger partial charge is 0.0152 e. The summed E-state index contributed by atoms with van der Waals surface area (Å²) >= 11 is 0. The zero-order valence-electron chi connectivity index (χ0n) is 12.7. The van der Waals surface area contributed by atoms with Gasteiger partial charge in [0.25, 0.3) is 0 Å². The number of fused-ring (bicyclic) bond motifs is 1. The van der Waals surface area contributed by atoms with Gasteiger partial charge in [-0.3, -0.25) is 0 Å². The second-order valence-corrected chi connectivity index (χ2v) is 6.34. The standard InChI is InChI=1S/C20H26/c1-2-3-9-17-14-19(16-10-5-4-6-11-16)15-18-12-7-8-13-20(17)18/h7-8,12-16H,2-6,9-11H2,1H3. The Hall–Kier alpha value is -1.30. The van der Waals surface area contributed by atoms with Crippen LogP contribution in [-0.2, 0) is 6.42 Å². The van der Waals surface area contributed by atoms with Gasteiger partial charge in [-0.1, -0.05) is 69.0 Å². The van der Waals surface area contributed by atoms with Gasteiger partial charge in [0.15, 0.2) is 0 Å². The van der Waals surface area contributed by atoms with Gasteiger partial charge in [-0.2, -0.15) is 0 Å². The molecule has 0 spiro atoms. The SMILES string of the molecule is CCCCc1cc(C2CCCCC2)cc2ccccc12. The van der Waals surface area contributed by atoms with Gasteiger partial charge >= 0.3 is 0 Å². The first-order valence-corrected chi connectivity index (χ1v) is 8.40. The van der Waals surface area contributed by atoms with E-state index in [1.54, 1.807) is 11.1 Å². The average Bonchev–Trinajstić information content (AvgIpc) is 2.53. The molecule has 0 unspecified atom stereocenters. The molecule has 0 radical (unpaired) electrons. The van der Waals surface area contributed by atoms with Gasteiger partial charge in [-0.25, -0.2) is 0 Å². The molecule has 0 aliphatic heterocycles. The molecule has 2 aromatic rings. The van der Waals surface area contributed by atoms with E-state index in [0.717, 1.165) is 5.92 Å². The Morgan fingerprint density at radius 3 is 2.60 bits per heavy atom. The maximum atomic E-state index is 2.52. The molecule has 20 heavy (non-hydrogen) atoms. The third-order valence-corrected chi connectivity index (χ3v) is 4.85. The predicted molar refractivity (Wildman–Crippen MR) is 88.4 cm³/mol. The lowest BCUT2D eigenvalue weighted by atomic mass is 9.82. The van der Waals surface area contributed by atoms with Crippen molar-refractivity contribution in [3.63, 3.8) is 0 Å². The molecule has 0 heterocycles. The number of benzene rings is 2. The molecule has 0 heteroatoms. The van der Waals surface area contributed by atoms with Crippen LogP contribution >= 0.6 is 0 Å². The number of aryl methyl sites for hydroxylation is 1. The van der Waals surface area contributed by atoms with Gasteiger partial charge in [-0.05, 0) is 53.5 Å². The van der Waals surface area contributed by atoms with Gasteiger partial charge in [0.1, 0.15) is 0 Å². The van der Waals surface area contributed by atoms with Crippen LogP contribution in [0, 0.1) is 0 Å². The molecule has 0 aromatic heterocycles. The molecule has 1 aliphatic carbocycles. The van der Waals surface area contributed by atoms with E-state index in [4.69, 9.17) is 0 Å². The van der Waals surface area contributed by atoms with Gasteiger partial charge in [0.2, 0.25) is 0 Å². The summed E-state index contributed by atoms with van der Waals surface area (Å²) in [5.41, 5.74) is 3.18. The van der Waals surface area contributed by atoms with Crippen molar-refractivity contribution in [3.05, 3.63) is 47.5 Å². The predicted octanol–water partition coefficient (Wildman–Crippen LogP) is 6.23. The van der Waals surface area contributed by atoms with Crippen molar-refractivity contribution in [1.29, 1.82) is 0 Å².